The standard InChI is InChI=1S/C8H14O4.C6H12O4/c1-5(2)7(9)11-12-8(10)6(3)4;1-2-3-4-9-6(7)5-10-8/h5-6H,1-4H3;8H,2-5H2,1H3. The molecule has 22 heavy (non-hydrogen) atoms. The van der Waals surface area contributed by atoms with Crippen molar-refractivity contribution in [3.05, 3.63) is 0 Å². The second kappa shape index (κ2) is 14.3. The average Bonchev–Trinajstić information content (AvgIpc) is 2.45. The molecule has 0 atom stereocenters. The molecule has 0 radical (unpaired) electrons. The highest BCUT2D eigenvalue weighted by Gasteiger charge is 2.15. The molecule has 0 fully saturated rings. The SMILES string of the molecule is CC(C)C(=O)OOC(=O)C(C)C.CCCCOC(=O)COO. The zero-order valence-corrected chi connectivity index (χ0v) is 13.8. The van der Waals surface area contributed by atoms with Gasteiger partial charge in [0.15, 0.2) is 6.61 Å². The summed E-state index contributed by atoms with van der Waals surface area (Å²) < 4.78 is 4.60. The quantitative estimate of drug-likeness (QED) is 0.328. The Morgan fingerprint density at radius 3 is 1.73 bits per heavy atom. The van der Waals surface area contributed by atoms with E-state index >= 15 is 0 Å². The summed E-state index contributed by atoms with van der Waals surface area (Å²) in [5.74, 6) is -2.18. The Morgan fingerprint density at radius 1 is 0.955 bits per heavy atom. The zero-order chi connectivity index (χ0) is 17.5. The number of unbranched alkanes of at least 4 members (excludes halogenated alkanes) is 1. The van der Waals surface area contributed by atoms with Crippen LogP contribution in [0.1, 0.15) is 47.5 Å². The van der Waals surface area contributed by atoms with Crippen LogP contribution in [0.2, 0.25) is 0 Å². The molecule has 1 N–H and O–H groups in total. The third-order valence-corrected chi connectivity index (χ3v) is 2.09. The number of carbonyl (C=O) groups excluding carboxylic acids is 3. The maximum atomic E-state index is 10.8. The van der Waals surface area contributed by atoms with Gasteiger partial charge in [-0.2, -0.15) is 0 Å². The summed E-state index contributed by atoms with van der Waals surface area (Å²) in [6.45, 7) is 8.65. The first-order valence-electron chi connectivity index (χ1n) is 7.10. The number of ether oxygens (including phenoxy) is 1. The second-order valence-corrected chi connectivity index (χ2v) is 4.96. The third kappa shape index (κ3) is 14.7. The van der Waals surface area contributed by atoms with Gasteiger partial charge in [0.05, 0.1) is 18.4 Å². The lowest BCUT2D eigenvalue weighted by Crippen LogP contribution is -2.18. The molecule has 0 saturated heterocycles. The molecule has 0 aromatic rings. The molecule has 0 amide bonds. The molecule has 0 aromatic carbocycles. The Labute approximate surface area is 130 Å². The van der Waals surface area contributed by atoms with Gasteiger partial charge in [0.25, 0.3) is 0 Å². The van der Waals surface area contributed by atoms with E-state index in [1.807, 2.05) is 6.92 Å². The van der Waals surface area contributed by atoms with Crippen LogP contribution in [0, 0.1) is 11.8 Å². The van der Waals surface area contributed by atoms with Crippen molar-refractivity contribution >= 4 is 17.9 Å². The number of rotatable bonds is 7. The van der Waals surface area contributed by atoms with Crippen LogP contribution in [0.5, 0.6) is 0 Å². The van der Waals surface area contributed by atoms with Crippen molar-refractivity contribution in [2.75, 3.05) is 13.2 Å². The minimum Gasteiger partial charge on any atom is -0.464 e. The molecule has 0 aliphatic carbocycles. The summed E-state index contributed by atoms with van der Waals surface area (Å²) in [7, 11) is 0. The maximum absolute atomic E-state index is 10.8. The lowest BCUT2D eigenvalue weighted by molar-refractivity contribution is -0.263. The normalized spacial score (nSPS) is 9.82. The van der Waals surface area contributed by atoms with Crippen molar-refractivity contribution in [2.24, 2.45) is 11.8 Å². The van der Waals surface area contributed by atoms with E-state index in [0.29, 0.717) is 6.61 Å². The summed E-state index contributed by atoms with van der Waals surface area (Å²) in [6, 6.07) is 0. The van der Waals surface area contributed by atoms with Crippen LogP contribution in [0.3, 0.4) is 0 Å². The highest BCUT2D eigenvalue weighted by atomic mass is 17.2. The summed E-state index contributed by atoms with van der Waals surface area (Å²) in [5.41, 5.74) is 0. The van der Waals surface area contributed by atoms with Gasteiger partial charge in [0.2, 0.25) is 0 Å². The topological polar surface area (TPSA) is 108 Å². The summed E-state index contributed by atoms with van der Waals surface area (Å²) in [5, 5.41) is 7.79. The Morgan fingerprint density at radius 2 is 1.41 bits per heavy atom. The molecular formula is C14H26O8. The van der Waals surface area contributed by atoms with Crippen molar-refractivity contribution in [1.82, 2.24) is 0 Å². The van der Waals surface area contributed by atoms with Crippen molar-refractivity contribution < 1.29 is 39.0 Å². The van der Waals surface area contributed by atoms with E-state index in [0.717, 1.165) is 12.8 Å². The lowest BCUT2D eigenvalue weighted by Gasteiger charge is -2.05. The number of carbonyl (C=O) groups is 3. The van der Waals surface area contributed by atoms with Gasteiger partial charge in [-0.3, -0.25) is 5.26 Å². The molecule has 8 heteroatoms. The van der Waals surface area contributed by atoms with Crippen molar-refractivity contribution in [2.45, 2.75) is 47.5 Å². The molecule has 0 heterocycles. The van der Waals surface area contributed by atoms with Crippen LogP contribution in [0.25, 0.3) is 0 Å². The van der Waals surface area contributed by atoms with E-state index in [-0.39, 0.29) is 18.4 Å². The minimum atomic E-state index is -0.538. The van der Waals surface area contributed by atoms with E-state index in [9.17, 15) is 14.4 Å². The first-order valence-corrected chi connectivity index (χ1v) is 7.10. The lowest BCUT2D eigenvalue weighted by atomic mass is 10.2. The highest BCUT2D eigenvalue weighted by Crippen LogP contribution is 2.00. The molecule has 0 saturated carbocycles. The number of esters is 1. The summed E-state index contributed by atoms with van der Waals surface area (Å²) in [6.07, 6.45) is 1.82. The van der Waals surface area contributed by atoms with Gasteiger partial charge in [0.1, 0.15) is 0 Å². The first-order chi connectivity index (χ1) is 10.3. The van der Waals surface area contributed by atoms with Gasteiger partial charge in [-0.25, -0.2) is 29.0 Å². The summed E-state index contributed by atoms with van der Waals surface area (Å²) >= 11 is 0. The molecule has 0 unspecified atom stereocenters. The molecule has 8 nitrogen and oxygen atoms in total. The molecule has 0 aliphatic heterocycles. The van der Waals surface area contributed by atoms with E-state index in [2.05, 4.69) is 19.4 Å². The third-order valence-electron chi connectivity index (χ3n) is 2.09. The van der Waals surface area contributed by atoms with Gasteiger partial charge in [0, 0.05) is 0 Å². The monoisotopic (exact) mass is 322 g/mol. The van der Waals surface area contributed by atoms with Crippen LogP contribution in [-0.4, -0.2) is 36.4 Å². The smallest absolute Gasteiger partial charge is 0.358 e. The second-order valence-electron chi connectivity index (χ2n) is 4.96. The van der Waals surface area contributed by atoms with Crippen LogP contribution >= 0.6 is 0 Å². The zero-order valence-electron chi connectivity index (χ0n) is 13.8. The first kappa shape index (κ1) is 22.6. The minimum absolute atomic E-state index is 0.287. The average molecular weight is 322 g/mol. The van der Waals surface area contributed by atoms with Crippen molar-refractivity contribution in [3.8, 4) is 0 Å². The highest BCUT2D eigenvalue weighted by molar-refractivity contribution is 5.74. The fourth-order valence-electron chi connectivity index (χ4n) is 0.699. The van der Waals surface area contributed by atoms with Gasteiger partial charge in [-0.15, -0.1) is 0 Å². The van der Waals surface area contributed by atoms with Crippen LogP contribution in [-0.2, 0) is 33.8 Å². The largest absolute Gasteiger partial charge is 0.464 e. The fourth-order valence-corrected chi connectivity index (χ4v) is 0.699. The van der Waals surface area contributed by atoms with Gasteiger partial charge in [-0.1, -0.05) is 41.0 Å². The van der Waals surface area contributed by atoms with Crippen molar-refractivity contribution in [1.29, 1.82) is 0 Å². The van der Waals surface area contributed by atoms with Crippen LogP contribution in [0.4, 0.5) is 0 Å². The van der Waals surface area contributed by atoms with Gasteiger partial charge in [-0.05, 0) is 6.42 Å². The van der Waals surface area contributed by atoms with Crippen LogP contribution in [0.15, 0.2) is 0 Å². The number of hydrogen-bond donors (Lipinski definition) is 1. The summed E-state index contributed by atoms with van der Waals surface area (Å²) in [4.78, 5) is 44.0. The van der Waals surface area contributed by atoms with Crippen molar-refractivity contribution in [3.63, 3.8) is 0 Å². The van der Waals surface area contributed by atoms with Gasteiger partial charge >= 0.3 is 17.9 Å². The molecule has 0 spiro atoms. The van der Waals surface area contributed by atoms with E-state index in [1.165, 1.54) is 0 Å². The molecule has 0 rings (SSSR count). The molecular weight excluding hydrogens is 296 g/mol. The molecule has 0 aliphatic rings. The van der Waals surface area contributed by atoms with Gasteiger partial charge < -0.3 is 4.74 Å². The molecule has 130 valence electrons. The van der Waals surface area contributed by atoms with Crippen LogP contribution < -0.4 is 0 Å². The Hall–Kier alpha value is -1.67. The van der Waals surface area contributed by atoms with E-state index in [4.69, 9.17) is 5.26 Å². The molecule has 0 aromatic heterocycles. The number of hydrogen-bond acceptors (Lipinski definition) is 8. The Kier molecular flexibility index (Phi) is 14.7. The molecule has 0 bridgehead atoms. The maximum Gasteiger partial charge on any atom is 0.358 e. The predicted octanol–water partition coefficient (Wildman–Crippen LogP) is 2.12. The predicted molar refractivity (Wildman–Crippen MR) is 76.3 cm³/mol. The van der Waals surface area contributed by atoms with E-state index < -0.39 is 17.9 Å². The fraction of sp³-hybridized carbons (Fsp3) is 0.786. The Balaban J connectivity index is 0. The Bertz CT molecular complexity index is 305. The van der Waals surface area contributed by atoms with E-state index in [1.54, 1.807) is 27.7 Å².